The molecule has 0 unspecified atom stereocenters. The van der Waals surface area contributed by atoms with Crippen molar-refractivity contribution in [3.8, 4) is 11.3 Å². The highest BCUT2D eigenvalue weighted by Crippen LogP contribution is 2.34. The van der Waals surface area contributed by atoms with Crippen LogP contribution in [0.15, 0.2) is 30.5 Å². The van der Waals surface area contributed by atoms with Crippen LogP contribution in [0.1, 0.15) is 63.6 Å². The van der Waals surface area contributed by atoms with Gasteiger partial charge in [-0.25, -0.2) is 4.98 Å². The molecule has 0 saturated heterocycles. The fourth-order valence-corrected chi connectivity index (χ4v) is 3.51. The predicted molar refractivity (Wildman–Crippen MR) is 93.4 cm³/mol. The second kappa shape index (κ2) is 7.32. The van der Waals surface area contributed by atoms with E-state index in [1.165, 1.54) is 50.8 Å². The van der Waals surface area contributed by atoms with Crippen molar-refractivity contribution in [1.82, 2.24) is 9.55 Å². The number of unbranched alkanes of at least 4 members (excludes halogenated alkanes) is 1. The lowest BCUT2D eigenvalue weighted by atomic mass is 9.88. The zero-order valence-electron chi connectivity index (χ0n) is 13.4. The third-order valence-electron chi connectivity index (χ3n) is 4.67. The average molecular weight is 317 g/mol. The molecule has 0 bridgehead atoms. The molecule has 0 spiro atoms. The Labute approximate surface area is 138 Å². The van der Waals surface area contributed by atoms with Crippen LogP contribution in [0.25, 0.3) is 11.3 Å². The quantitative estimate of drug-likeness (QED) is 0.656. The molecule has 0 atom stereocenters. The normalized spacial score (nSPS) is 16.1. The van der Waals surface area contributed by atoms with E-state index in [1.807, 2.05) is 12.1 Å². The van der Waals surface area contributed by atoms with Gasteiger partial charge in [0.25, 0.3) is 0 Å². The summed E-state index contributed by atoms with van der Waals surface area (Å²) in [5.74, 6) is 1.95. The number of rotatable bonds is 5. The highest BCUT2D eigenvalue weighted by atomic mass is 35.5. The average Bonchev–Trinajstić information content (AvgIpc) is 2.98. The fourth-order valence-electron chi connectivity index (χ4n) is 3.38. The van der Waals surface area contributed by atoms with Gasteiger partial charge in [-0.3, -0.25) is 0 Å². The van der Waals surface area contributed by atoms with E-state index in [0.29, 0.717) is 5.92 Å². The molecule has 1 fully saturated rings. The number of benzene rings is 1. The van der Waals surface area contributed by atoms with Crippen molar-refractivity contribution < 1.29 is 0 Å². The van der Waals surface area contributed by atoms with E-state index in [-0.39, 0.29) is 0 Å². The van der Waals surface area contributed by atoms with Gasteiger partial charge in [0.1, 0.15) is 5.82 Å². The fraction of sp³-hybridized carbons (Fsp3) is 0.526. The minimum absolute atomic E-state index is 0.645. The van der Waals surface area contributed by atoms with Crippen molar-refractivity contribution in [3.63, 3.8) is 0 Å². The number of aryl methyl sites for hydroxylation is 1. The van der Waals surface area contributed by atoms with Gasteiger partial charge >= 0.3 is 0 Å². The Morgan fingerprint density at radius 1 is 1.14 bits per heavy atom. The first-order chi connectivity index (χ1) is 10.8. The van der Waals surface area contributed by atoms with Crippen LogP contribution in [0.4, 0.5) is 0 Å². The van der Waals surface area contributed by atoms with E-state index in [4.69, 9.17) is 16.6 Å². The van der Waals surface area contributed by atoms with Crippen LogP contribution in [-0.2, 0) is 6.54 Å². The summed E-state index contributed by atoms with van der Waals surface area (Å²) in [5.41, 5.74) is 2.25. The lowest BCUT2D eigenvalue weighted by Gasteiger charge is -2.22. The maximum atomic E-state index is 6.00. The molecule has 1 heterocycles. The van der Waals surface area contributed by atoms with E-state index in [1.54, 1.807) is 0 Å². The third kappa shape index (κ3) is 3.55. The number of halogens is 1. The molecule has 0 aliphatic heterocycles. The molecule has 3 rings (SSSR count). The largest absolute Gasteiger partial charge is 0.334 e. The SMILES string of the molecule is CCCCn1cc(-c2ccc(Cl)cc2)nc1C1CCCCC1. The summed E-state index contributed by atoms with van der Waals surface area (Å²) in [7, 11) is 0. The molecule has 2 aromatic rings. The van der Waals surface area contributed by atoms with Crippen molar-refractivity contribution in [2.75, 3.05) is 0 Å². The van der Waals surface area contributed by atoms with Gasteiger partial charge in [-0.15, -0.1) is 0 Å². The molecule has 0 radical (unpaired) electrons. The van der Waals surface area contributed by atoms with Gasteiger partial charge in [0.05, 0.1) is 5.69 Å². The van der Waals surface area contributed by atoms with Crippen molar-refractivity contribution in [1.29, 1.82) is 0 Å². The summed E-state index contributed by atoms with van der Waals surface area (Å²) in [5, 5.41) is 0.779. The first-order valence-electron chi connectivity index (χ1n) is 8.61. The molecule has 1 aliphatic rings. The Bertz CT molecular complexity index is 594. The molecule has 2 nitrogen and oxygen atoms in total. The molecule has 0 amide bonds. The lowest BCUT2D eigenvalue weighted by Crippen LogP contribution is -2.12. The second-order valence-corrected chi connectivity index (χ2v) is 6.81. The van der Waals surface area contributed by atoms with E-state index in [2.05, 4.69) is 29.8 Å². The second-order valence-electron chi connectivity index (χ2n) is 6.37. The standard InChI is InChI=1S/C19H25ClN2/c1-2-3-13-22-14-18(15-9-11-17(20)12-10-15)21-19(22)16-7-5-4-6-8-16/h9-12,14,16H,2-8,13H2,1H3. The van der Waals surface area contributed by atoms with Gasteiger partial charge in [-0.2, -0.15) is 0 Å². The Morgan fingerprint density at radius 3 is 2.55 bits per heavy atom. The van der Waals surface area contributed by atoms with Crippen LogP contribution in [0.3, 0.4) is 0 Å². The number of hydrogen-bond donors (Lipinski definition) is 0. The summed E-state index contributed by atoms with van der Waals surface area (Å²) in [6.07, 6.45) is 11.4. The smallest absolute Gasteiger partial charge is 0.112 e. The van der Waals surface area contributed by atoms with E-state index in [0.717, 1.165) is 22.8 Å². The van der Waals surface area contributed by atoms with Gasteiger partial charge in [-0.05, 0) is 31.4 Å². The highest BCUT2D eigenvalue weighted by molar-refractivity contribution is 6.30. The van der Waals surface area contributed by atoms with Gasteiger partial charge in [0.15, 0.2) is 0 Å². The van der Waals surface area contributed by atoms with Gasteiger partial charge in [0.2, 0.25) is 0 Å². The summed E-state index contributed by atoms with van der Waals surface area (Å²) < 4.78 is 2.41. The zero-order valence-corrected chi connectivity index (χ0v) is 14.1. The first-order valence-corrected chi connectivity index (χ1v) is 8.98. The minimum Gasteiger partial charge on any atom is -0.334 e. The Hall–Kier alpha value is -1.28. The number of hydrogen-bond acceptors (Lipinski definition) is 1. The highest BCUT2D eigenvalue weighted by Gasteiger charge is 2.21. The molecular formula is C19H25ClN2. The van der Waals surface area contributed by atoms with Crippen LogP contribution in [0.2, 0.25) is 5.02 Å². The predicted octanol–water partition coefficient (Wildman–Crippen LogP) is 6.05. The number of nitrogens with zero attached hydrogens (tertiary/aromatic N) is 2. The maximum Gasteiger partial charge on any atom is 0.112 e. The number of imidazole rings is 1. The molecule has 1 aliphatic carbocycles. The monoisotopic (exact) mass is 316 g/mol. The van der Waals surface area contributed by atoms with Crippen LogP contribution < -0.4 is 0 Å². The van der Waals surface area contributed by atoms with Gasteiger partial charge in [0, 0.05) is 29.2 Å². The summed E-state index contributed by atoms with van der Waals surface area (Å²) in [6, 6.07) is 8.03. The van der Waals surface area contributed by atoms with Crippen molar-refractivity contribution in [2.45, 2.75) is 64.3 Å². The van der Waals surface area contributed by atoms with Crippen LogP contribution in [0, 0.1) is 0 Å². The van der Waals surface area contributed by atoms with Crippen molar-refractivity contribution in [3.05, 3.63) is 41.3 Å². The molecule has 3 heteroatoms. The lowest BCUT2D eigenvalue weighted by molar-refractivity contribution is 0.413. The Morgan fingerprint density at radius 2 is 1.86 bits per heavy atom. The minimum atomic E-state index is 0.645. The summed E-state index contributed by atoms with van der Waals surface area (Å²) in [4.78, 5) is 5.01. The maximum absolute atomic E-state index is 6.00. The molecule has 1 saturated carbocycles. The van der Waals surface area contributed by atoms with Crippen LogP contribution in [-0.4, -0.2) is 9.55 Å². The molecular weight excluding hydrogens is 292 g/mol. The zero-order chi connectivity index (χ0) is 15.4. The topological polar surface area (TPSA) is 17.8 Å². The Kier molecular flexibility index (Phi) is 5.20. The summed E-state index contributed by atoms with van der Waals surface area (Å²) >= 11 is 6.00. The molecule has 22 heavy (non-hydrogen) atoms. The van der Waals surface area contributed by atoms with E-state index >= 15 is 0 Å². The van der Waals surface area contributed by atoms with Gasteiger partial charge in [-0.1, -0.05) is 56.3 Å². The molecule has 118 valence electrons. The van der Waals surface area contributed by atoms with Crippen molar-refractivity contribution in [2.24, 2.45) is 0 Å². The number of aromatic nitrogens is 2. The van der Waals surface area contributed by atoms with Gasteiger partial charge < -0.3 is 4.57 Å². The Balaban J connectivity index is 1.90. The third-order valence-corrected chi connectivity index (χ3v) is 4.92. The van der Waals surface area contributed by atoms with Crippen LogP contribution >= 0.6 is 11.6 Å². The van der Waals surface area contributed by atoms with Crippen molar-refractivity contribution >= 4 is 11.6 Å². The molecule has 0 N–H and O–H groups in total. The first kappa shape index (κ1) is 15.6. The van der Waals surface area contributed by atoms with E-state index in [9.17, 15) is 0 Å². The molecule has 1 aromatic carbocycles. The molecule has 1 aromatic heterocycles. The summed E-state index contributed by atoms with van der Waals surface area (Å²) in [6.45, 7) is 3.33. The van der Waals surface area contributed by atoms with Crippen LogP contribution in [0.5, 0.6) is 0 Å². The van der Waals surface area contributed by atoms with E-state index < -0.39 is 0 Å².